The maximum atomic E-state index is 12.5. The number of ketones is 1. The van der Waals surface area contributed by atoms with Crippen LogP contribution in [0, 0.1) is 34.5 Å². The third-order valence-electron chi connectivity index (χ3n) is 8.65. The number of fused-ring (bicyclic) bond motifs is 1. The summed E-state index contributed by atoms with van der Waals surface area (Å²) in [7, 11) is 0. The standard InChI is InChI=1S/C20H26O8/c1-7-4-10(21)15(24)18(3)9(7)5-11-19-6-27-20(26,17(18)19)14(23)8(2)12(19)13(22)16(25)28-11/h4,8-9,11-15,17,22-24,26H,5-6H2,1-3H3/t8-,9+,11-,12-,13-,14-,15-,17-,18-,19+,20+/m1/s1. The second-order valence-corrected chi connectivity index (χ2v) is 9.63. The van der Waals surface area contributed by atoms with Crippen LogP contribution in [-0.2, 0) is 19.1 Å². The van der Waals surface area contributed by atoms with E-state index in [9.17, 15) is 30.0 Å². The number of esters is 1. The van der Waals surface area contributed by atoms with Gasteiger partial charge < -0.3 is 29.9 Å². The molecule has 8 nitrogen and oxygen atoms in total. The Balaban J connectivity index is 1.79. The molecule has 5 rings (SSSR count). The molecule has 28 heavy (non-hydrogen) atoms. The summed E-state index contributed by atoms with van der Waals surface area (Å²) in [6, 6.07) is 0. The smallest absolute Gasteiger partial charge is 0.335 e. The van der Waals surface area contributed by atoms with Gasteiger partial charge in [-0.3, -0.25) is 4.79 Å². The SMILES string of the molecule is CC1=CC(=O)[C@@H](O)[C@]2(C)[C@H]3[C@@]4(O)OC[C@]35[C@H]([C@@H](C)[C@H]4O)[C@@H](O)C(=O)O[C@@H]5C[C@@H]12. The van der Waals surface area contributed by atoms with Crippen LogP contribution < -0.4 is 0 Å². The van der Waals surface area contributed by atoms with Gasteiger partial charge in [0.15, 0.2) is 17.7 Å². The van der Waals surface area contributed by atoms with Crippen LogP contribution in [0.5, 0.6) is 0 Å². The van der Waals surface area contributed by atoms with Gasteiger partial charge in [0.2, 0.25) is 0 Å². The highest BCUT2D eigenvalue weighted by molar-refractivity contribution is 5.96. The second kappa shape index (κ2) is 5.23. The minimum atomic E-state index is -2.01. The topological polar surface area (TPSA) is 134 Å². The third kappa shape index (κ3) is 1.72. The van der Waals surface area contributed by atoms with Crippen LogP contribution >= 0.6 is 0 Å². The van der Waals surface area contributed by atoms with Crippen molar-refractivity contribution in [3.8, 4) is 0 Å². The minimum absolute atomic E-state index is 0.0266. The summed E-state index contributed by atoms with van der Waals surface area (Å²) < 4.78 is 11.4. The van der Waals surface area contributed by atoms with Gasteiger partial charge in [0.1, 0.15) is 18.3 Å². The molecule has 1 spiro atoms. The summed E-state index contributed by atoms with van der Waals surface area (Å²) in [5.41, 5.74) is -1.40. The monoisotopic (exact) mass is 394 g/mol. The summed E-state index contributed by atoms with van der Waals surface area (Å²) in [5, 5.41) is 44.2. The Morgan fingerprint density at radius 2 is 1.89 bits per heavy atom. The molecule has 8 heteroatoms. The molecule has 154 valence electrons. The highest BCUT2D eigenvalue weighted by Gasteiger charge is 2.83. The maximum Gasteiger partial charge on any atom is 0.335 e. The van der Waals surface area contributed by atoms with Crippen molar-refractivity contribution in [2.75, 3.05) is 6.61 Å². The lowest BCUT2D eigenvalue weighted by Crippen LogP contribution is -2.77. The van der Waals surface area contributed by atoms with Crippen molar-refractivity contribution in [3.63, 3.8) is 0 Å². The number of aliphatic hydroxyl groups is 4. The van der Waals surface area contributed by atoms with Gasteiger partial charge >= 0.3 is 5.97 Å². The Bertz CT molecular complexity index is 808. The normalized spacial score (nSPS) is 59.9. The van der Waals surface area contributed by atoms with Crippen molar-refractivity contribution < 1.29 is 39.5 Å². The number of carbonyl (C=O) groups is 2. The van der Waals surface area contributed by atoms with Crippen molar-refractivity contribution in [2.45, 2.75) is 57.4 Å². The molecule has 2 aliphatic heterocycles. The molecule has 5 aliphatic rings. The molecular weight excluding hydrogens is 368 g/mol. The molecule has 4 N–H and O–H groups in total. The lowest BCUT2D eigenvalue weighted by molar-refractivity contribution is -0.339. The number of ether oxygens (including phenoxy) is 2. The predicted octanol–water partition coefficient (Wildman–Crippen LogP) is -0.863. The van der Waals surface area contributed by atoms with Crippen molar-refractivity contribution >= 4 is 11.8 Å². The van der Waals surface area contributed by atoms with Crippen LogP contribution in [0.3, 0.4) is 0 Å². The van der Waals surface area contributed by atoms with E-state index in [2.05, 4.69) is 0 Å². The number of hydrogen-bond donors (Lipinski definition) is 4. The van der Waals surface area contributed by atoms with Crippen LogP contribution in [-0.4, -0.2) is 69.0 Å². The van der Waals surface area contributed by atoms with Gasteiger partial charge in [0.25, 0.3) is 0 Å². The fourth-order valence-corrected chi connectivity index (χ4v) is 7.64. The van der Waals surface area contributed by atoms with Crippen molar-refractivity contribution in [1.29, 1.82) is 0 Å². The molecule has 2 saturated heterocycles. The fourth-order valence-electron chi connectivity index (χ4n) is 7.64. The van der Waals surface area contributed by atoms with E-state index < -0.39 is 70.5 Å². The number of rotatable bonds is 0. The molecule has 2 saturated carbocycles. The zero-order chi connectivity index (χ0) is 20.4. The van der Waals surface area contributed by atoms with Crippen LogP contribution in [0.15, 0.2) is 11.6 Å². The molecule has 0 amide bonds. The summed E-state index contributed by atoms with van der Waals surface area (Å²) in [5.74, 6) is -5.79. The van der Waals surface area contributed by atoms with Gasteiger partial charge in [0, 0.05) is 22.7 Å². The summed E-state index contributed by atoms with van der Waals surface area (Å²) >= 11 is 0. The van der Waals surface area contributed by atoms with Crippen molar-refractivity contribution in [3.05, 3.63) is 11.6 Å². The Hall–Kier alpha value is -1.32. The van der Waals surface area contributed by atoms with Crippen LogP contribution in [0.1, 0.15) is 27.2 Å². The first-order valence-corrected chi connectivity index (χ1v) is 9.84. The molecule has 2 heterocycles. The van der Waals surface area contributed by atoms with E-state index in [0.717, 1.165) is 5.57 Å². The third-order valence-corrected chi connectivity index (χ3v) is 8.65. The molecule has 0 aromatic rings. The Labute approximate surface area is 162 Å². The Morgan fingerprint density at radius 1 is 1.21 bits per heavy atom. The van der Waals surface area contributed by atoms with Crippen molar-refractivity contribution in [2.24, 2.45) is 34.5 Å². The van der Waals surface area contributed by atoms with Crippen LogP contribution in [0.2, 0.25) is 0 Å². The summed E-state index contributed by atoms with van der Waals surface area (Å²) in [6.07, 6.45) is -3.14. The average Bonchev–Trinajstić information content (AvgIpc) is 2.92. The van der Waals surface area contributed by atoms with Crippen LogP contribution in [0.4, 0.5) is 0 Å². The lowest BCUT2D eigenvalue weighted by atomic mass is 9.38. The Morgan fingerprint density at radius 3 is 2.57 bits per heavy atom. The quantitative estimate of drug-likeness (QED) is 0.390. The highest BCUT2D eigenvalue weighted by Crippen LogP contribution is 2.73. The van der Waals surface area contributed by atoms with Gasteiger partial charge in [-0.05, 0) is 31.3 Å². The summed E-state index contributed by atoms with van der Waals surface area (Å²) in [4.78, 5) is 25.0. The molecule has 4 fully saturated rings. The predicted molar refractivity (Wildman–Crippen MR) is 92.4 cm³/mol. The van der Waals surface area contributed by atoms with Crippen LogP contribution in [0.25, 0.3) is 0 Å². The minimum Gasteiger partial charge on any atom is -0.460 e. The average molecular weight is 394 g/mol. The van der Waals surface area contributed by atoms with E-state index in [0.29, 0.717) is 6.42 Å². The van der Waals surface area contributed by atoms with E-state index in [4.69, 9.17) is 9.47 Å². The first-order valence-electron chi connectivity index (χ1n) is 9.84. The molecule has 0 aromatic carbocycles. The highest BCUT2D eigenvalue weighted by atomic mass is 16.7. The largest absolute Gasteiger partial charge is 0.460 e. The van der Waals surface area contributed by atoms with Gasteiger partial charge in [-0.2, -0.15) is 0 Å². The number of hydrogen-bond acceptors (Lipinski definition) is 8. The second-order valence-electron chi connectivity index (χ2n) is 9.63. The zero-order valence-electron chi connectivity index (χ0n) is 16.0. The molecule has 0 unspecified atom stereocenters. The summed E-state index contributed by atoms with van der Waals surface area (Å²) in [6.45, 7) is 5.17. The van der Waals surface area contributed by atoms with Gasteiger partial charge in [0.05, 0.1) is 6.61 Å². The molecular formula is C20H26O8. The lowest BCUT2D eigenvalue weighted by Gasteiger charge is -2.67. The van der Waals surface area contributed by atoms with E-state index in [1.165, 1.54) is 6.08 Å². The molecule has 3 aliphatic carbocycles. The fraction of sp³-hybridized carbons (Fsp3) is 0.800. The number of carbonyl (C=O) groups excluding carboxylic acids is 2. The number of aliphatic hydroxyl groups excluding tert-OH is 3. The first kappa shape index (κ1) is 18.7. The van der Waals surface area contributed by atoms with Gasteiger partial charge in [-0.15, -0.1) is 0 Å². The molecule has 2 bridgehead atoms. The van der Waals surface area contributed by atoms with E-state index in [-0.39, 0.29) is 12.5 Å². The molecule has 11 atom stereocenters. The molecule has 0 radical (unpaired) electrons. The van der Waals surface area contributed by atoms with E-state index >= 15 is 0 Å². The zero-order valence-corrected chi connectivity index (χ0v) is 16.0. The van der Waals surface area contributed by atoms with Gasteiger partial charge in [-0.1, -0.05) is 19.4 Å². The van der Waals surface area contributed by atoms with Gasteiger partial charge in [-0.25, -0.2) is 4.79 Å². The first-order chi connectivity index (χ1) is 13.0. The van der Waals surface area contributed by atoms with Crippen molar-refractivity contribution in [1.82, 2.24) is 0 Å². The van der Waals surface area contributed by atoms with E-state index in [1.54, 1.807) is 20.8 Å². The Kier molecular flexibility index (Phi) is 3.49. The molecule has 0 aromatic heterocycles. The number of allylic oxidation sites excluding steroid dienone is 1. The maximum absolute atomic E-state index is 12.5. The van der Waals surface area contributed by atoms with E-state index in [1.807, 2.05) is 0 Å².